The third-order valence-corrected chi connectivity index (χ3v) is 1.55. The molecule has 0 fully saturated rings. The van der Waals surface area contributed by atoms with Gasteiger partial charge in [-0.15, -0.1) is 0 Å². The molecule has 0 aliphatic carbocycles. The van der Waals surface area contributed by atoms with Crippen LogP contribution in [0.1, 0.15) is 13.8 Å². The number of hydrogen-bond donors (Lipinski definition) is 3. The Kier molecular flexibility index (Phi) is 2.59. The van der Waals surface area contributed by atoms with E-state index in [1.54, 1.807) is 13.8 Å². The van der Waals surface area contributed by atoms with Crippen molar-refractivity contribution in [3.8, 4) is 0 Å². The number of carboxylic acid groups (broad SMARTS) is 1. The number of rotatable bonds is 2. The van der Waals surface area contributed by atoms with Crippen LogP contribution in [0.3, 0.4) is 0 Å². The standard InChI is InChI=1S/C5H10N2O2S/c1-5(2,3(6)10)7-4(8)9/h7H,1-2H3,(H2,6,10)(H,8,9). The van der Waals surface area contributed by atoms with Gasteiger partial charge in [-0.2, -0.15) is 0 Å². The molecular weight excluding hydrogens is 152 g/mol. The monoisotopic (exact) mass is 162 g/mol. The van der Waals surface area contributed by atoms with Gasteiger partial charge in [0, 0.05) is 0 Å². The van der Waals surface area contributed by atoms with E-state index in [-0.39, 0.29) is 4.99 Å². The molecule has 0 saturated heterocycles. The molecule has 0 saturated carbocycles. The van der Waals surface area contributed by atoms with Crippen LogP contribution in [0.4, 0.5) is 4.79 Å². The van der Waals surface area contributed by atoms with Crippen molar-refractivity contribution in [2.45, 2.75) is 19.4 Å². The zero-order chi connectivity index (χ0) is 8.36. The Balaban J connectivity index is 4.13. The number of amides is 1. The molecule has 0 atom stereocenters. The molecule has 0 spiro atoms. The maximum absolute atomic E-state index is 10.1. The first kappa shape index (κ1) is 9.16. The Morgan fingerprint density at radius 2 is 2.10 bits per heavy atom. The van der Waals surface area contributed by atoms with Crippen LogP contribution >= 0.6 is 12.2 Å². The molecule has 0 radical (unpaired) electrons. The molecule has 5 heteroatoms. The summed E-state index contributed by atoms with van der Waals surface area (Å²) in [5.74, 6) is 0. The summed E-state index contributed by atoms with van der Waals surface area (Å²) in [5, 5.41) is 10.4. The highest BCUT2D eigenvalue weighted by Gasteiger charge is 2.22. The fourth-order valence-electron chi connectivity index (χ4n) is 0.329. The summed E-state index contributed by atoms with van der Waals surface area (Å²) in [7, 11) is 0. The van der Waals surface area contributed by atoms with Crippen molar-refractivity contribution in [2.24, 2.45) is 5.73 Å². The van der Waals surface area contributed by atoms with Gasteiger partial charge in [0.25, 0.3) is 0 Å². The molecule has 0 aromatic carbocycles. The van der Waals surface area contributed by atoms with Crippen LogP contribution in [0.25, 0.3) is 0 Å². The van der Waals surface area contributed by atoms with Crippen LogP contribution in [0.5, 0.6) is 0 Å². The van der Waals surface area contributed by atoms with Gasteiger partial charge in [-0.3, -0.25) is 0 Å². The molecular formula is C5H10N2O2S. The van der Waals surface area contributed by atoms with Crippen molar-refractivity contribution in [1.29, 1.82) is 0 Å². The Morgan fingerprint density at radius 1 is 1.70 bits per heavy atom. The third-order valence-electron chi connectivity index (χ3n) is 1.04. The zero-order valence-electron chi connectivity index (χ0n) is 5.84. The van der Waals surface area contributed by atoms with Gasteiger partial charge in [-0.25, -0.2) is 4.79 Å². The normalized spacial score (nSPS) is 10.6. The molecule has 1 amide bonds. The molecule has 0 unspecified atom stereocenters. The lowest BCUT2D eigenvalue weighted by Crippen LogP contribution is -2.51. The minimum absolute atomic E-state index is 0.134. The van der Waals surface area contributed by atoms with Crippen LogP contribution in [0, 0.1) is 0 Å². The maximum atomic E-state index is 10.1. The minimum Gasteiger partial charge on any atom is -0.465 e. The van der Waals surface area contributed by atoms with Crippen LogP contribution in [-0.4, -0.2) is 21.7 Å². The topological polar surface area (TPSA) is 75.3 Å². The molecule has 0 aliphatic rings. The Hall–Kier alpha value is -0.840. The first-order valence-electron chi connectivity index (χ1n) is 2.67. The van der Waals surface area contributed by atoms with Crippen LogP contribution in [0.2, 0.25) is 0 Å². The highest BCUT2D eigenvalue weighted by Crippen LogP contribution is 2.00. The second-order valence-electron chi connectivity index (χ2n) is 2.42. The first-order chi connectivity index (χ1) is 4.36. The highest BCUT2D eigenvalue weighted by molar-refractivity contribution is 7.80. The van der Waals surface area contributed by atoms with E-state index in [4.69, 9.17) is 10.8 Å². The molecule has 0 aliphatic heterocycles. The molecule has 58 valence electrons. The van der Waals surface area contributed by atoms with Crippen LogP contribution in [0.15, 0.2) is 0 Å². The van der Waals surface area contributed by atoms with Crippen molar-refractivity contribution < 1.29 is 9.90 Å². The van der Waals surface area contributed by atoms with E-state index in [2.05, 4.69) is 17.5 Å². The fraction of sp³-hybridized carbons (Fsp3) is 0.600. The van der Waals surface area contributed by atoms with Gasteiger partial charge in [0.2, 0.25) is 0 Å². The summed E-state index contributed by atoms with van der Waals surface area (Å²) in [6.07, 6.45) is -1.13. The smallest absolute Gasteiger partial charge is 0.405 e. The summed E-state index contributed by atoms with van der Waals surface area (Å²) < 4.78 is 0. The summed E-state index contributed by atoms with van der Waals surface area (Å²) in [4.78, 5) is 10.2. The SMILES string of the molecule is CC(C)(NC(=O)O)C(N)=S. The molecule has 4 N–H and O–H groups in total. The summed E-state index contributed by atoms with van der Waals surface area (Å²) in [6.45, 7) is 3.20. The molecule has 0 heterocycles. The number of nitrogens with two attached hydrogens (primary N) is 1. The second-order valence-corrected chi connectivity index (χ2v) is 2.86. The van der Waals surface area contributed by atoms with Gasteiger partial charge >= 0.3 is 6.09 Å². The molecule has 10 heavy (non-hydrogen) atoms. The van der Waals surface area contributed by atoms with Crippen molar-refractivity contribution >= 4 is 23.3 Å². The summed E-state index contributed by atoms with van der Waals surface area (Å²) >= 11 is 4.60. The lowest BCUT2D eigenvalue weighted by molar-refractivity contribution is 0.188. The van der Waals surface area contributed by atoms with E-state index in [1.807, 2.05) is 0 Å². The van der Waals surface area contributed by atoms with Gasteiger partial charge in [-0.05, 0) is 13.8 Å². The van der Waals surface area contributed by atoms with Crippen molar-refractivity contribution in [3.63, 3.8) is 0 Å². The Labute approximate surface area is 64.4 Å². The average Bonchev–Trinajstić information content (AvgIpc) is 1.60. The number of thiocarbonyl (C=S) groups is 1. The quantitative estimate of drug-likeness (QED) is 0.511. The lowest BCUT2D eigenvalue weighted by Gasteiger charge is -2.22. The van der Waals surface area contributed by atoms with Gasteiger partial charge in [-0.1, -0.05) is 12.2 Å². The lowest BCUT2D eigenvalue weighted by atomic mass is 10.1. The predicted octanol–water partition coefficient (Wildman–Crippen LogP) is 0.319. The van der Waals surface area contributed by atoms with Crippen molar-refractivity contribution in [1.82, 2.24) is 5.32 Å². The minimum atomic E-state index is -1.13. The number of nitrogens with one attached hydrogen (secondary N) is 1. The van der Waals surface area contributed by atoms with Crippen molar-refractivity contribution in [3.05, 3.63) is 0 Å². The van der Waals surface area contributed by atoms with Gasteiger partial charge < -0.3 is 16.2 Å². The second kappa shape index (κ2) is 2.83. The summed E-state index contributed by atoms with van der Waals surface area (Å²) in [6, 6.07) is 0. The van der Waals surface area contributed by atoms with Crippen LogP contribution < -0.4 is 11.1 Å². The van der Waals surface area contributed by atoms with Gasteiger partial charge in [0.1, 0.15) is 0 Å². The number of hydrogen-bond acceptors (Lipinski definition) is 2. The molecule has 4 nitrogen and oxygen atoms in total. The molecule has 0 aromatic heterocycles. The van der Waals surface area contributed by atoms with E-state index in [1.165, 1.54) is 0 Å². The molecule has 0 aromatic rings. The fourth-order valence-corrected chi connectivity index (χ4v) is 0.380. The van der Waals surface area contributed by atoms with Gasteiger partial charge in [0.05, 0.1) is 10.5 Å². The number of carbonyl (C=O) groups is 1. The zero-order valence-corrected chi connectivity index (χ0v) is 6.66. The summed E-state index contributed by atoms with van der Waals surface area (Å²) in [5.41, 5.74) is 4.41. The van der Waals surface area contributed by atoms with E-state index in [0.717, 1.165) is 0 Å². The van der Waals surface area contributed by atoms with Gasteiger partial charge in [0.15, 0.2) is 0 Å². The predicted molar refractivity (Wildman–Crippen MR) is 42.0 cm³/mol. The van der Waals surface area contributed by atoms with E-state index in [9.17, 15) is 4.79 Å². The van der Waals surface area contributed by atoms with Crippen molar-refractivity contribution in [2.75, 3.05) is 0 Å². The van der Waals surface area contributed by atoms with E-state index < -0.39 is 11.6 Å². The molecule has 0 bridgehead atoms. The Bertz CT molecular complexity index is 167. The third kappa shape index (κ3) is 2.63. The molecule has 0 rings (SSSR count). The Morgan fingerprint density at radius 3 is 2.20 bits per heavy atom. The van der Waals surface area contributed by atoms with E-state index in [0.29, 0.717) is 0 Å². The highest BCUT2D eigenvalue weighted by atomic mass is 32.1. The largest absolute Gasteiger partial charge is 0.465 e. The van der Waals surface area contributed by atoms with E-state index >= 15 is 0 Å². The average molecular weight is 162 g/mol. The maximum Gasteiger partial charge on any atom is 0.405 e. The first-order valence-corrected chi connectivity index (χ1v) is 3.08. The van der Waals surface area contributed by atoms with Crippen LogP contribution in [-0.2, 0) is 0 Å².